The quantitative estimate of drug-likeness (QED) is 0.879. The van der Waals surface area contributed by atoms with Gasteiger partial charge < -0.3 is 10.5 Å². The molecule has 0 radical (unpaired) electrons. The molecule has 1 aromatic carbocycles. The summed E-state index contributed by atoms with van der Waals surface area (Å²) in [6.45, 7) is 4.80. The molecule has 0 aliphatic rings. The average Bonchev–Trinajstić information content (AvgIpc) is 2.43. The molecule has 2 aromatic rings. The van der Waals surface area contributed by atoms with Gasteiger partial charge in [-0.25, -0.2) is 0 Å². The van der Waals surface area contributed by atoms with E-state index < -0.39 is 0 Å². The normalized spacial score (nSPS) is 14.6. The van der Waals surface area contributed by atoms with Crippen LogP contribution in [0.1, 0.15) is 31.9 Å². The maximum Gasteiger partial charge on any atom is 0.0764 e. The maximum atomic E-state index is 6.28. The summed E-state index contributed by atoms with van der Waals surface area (Å²) in [6.07, 6.45) is 2.79. The molecule has 2 N–H and O–H groups in total. The molecule has 2 unspecified atom stereocenters. The number of nitrogens with zero attached hydrogens (tertiary/aromatic N) is 1. The van der Waals surface area contributed by atoms with Gasteiger partial charge >= 0.3 is 0 Å². The fourth-order valence-corrected chi connectivity index (χ4v) is 2.21. The Morgan fingerprint density at radius 2 is 2.11 bits per heavy atom. The minimum absolute atomic E-state index is 0.0733. The van der Waals surface area contributed by atoms with Crippen molar-refractivity contribution in [2.75, 3.05) is 6.61 Å². The lowest BCUT2D eigenvalue weighted by atomic mass is 9.99. The molecule has 0 fully saturated rings. The third kappa shape index (κ3) is 2.68. The first kappa shape index (κ1) is 13.0. The molecule has 0 saturated carbocycles. The van der Waals surface area contributed by atoms with Crippen molar-refractivity contribution in [1.29, 1.82) is 0 Å². The highest BCUT2D eigenvalue weighted by atomic mass is 16.5. The Morgan fingerprint density at radius 3 is 2.83 bits per heavy atom. The van der Waals surface area contributed by atoms with Crippen LogP contribution in [0.2, 0.25) is 0 Å². The molecule has 3 heteroatoms. The van der Waals surface area contributed by atoms with E-state index >= 15 is 0 Å². The fraction of sp³-hybridized carbons (Fsp3) is 0.400. The summed E-state index contributed by atoms with van der Waals surface area (Å²) >= 11 is 0. The van der Waals surface area contributed by atoms with Crippen LogP contribution in [0.4, 0.5) is 0 Å². The van der Waals surface area contributed by atoms with E-state index in [4.69, 9.17) is 10.5 Å². The van der Waals surface area contributed by atoms with E-state index in [1.807, 2.05) is 25.1 Å². The predicted molar refractivity (Wildman–Crippen MR) is 74.4 cm³/mol. The molecule has 18 heavy (non-hydrogen) atoms. The molecule has 0 spiro atoms. The van der Waals surface area contributed by atoms with Crippen LogP contribution in [0.3, 0.4) is 0 Å². The van der Waals surface area contributed by atoms with Crippen molar-refractivity contribution < 1.29 is 4.74 Å². The van der Waals surface area contributed by atoms with Crippen LogP contribution in [-0.4, -0.2) is 17.7 Å². The summed E-state index contributed by atoms with van der Waals surface area (Å²) in [6, 6.07) is 10.1. The largest absolute Gasteiger partial charge is 0.377 e. The van der Waals surface area contributed by atoms with Gasteiger partial charge in [0.15, 0.2) is 0 Å². The van der Waals surface area contributed by atoms with Crippen LogP contribution in [0.15, 0.2) is 36.5 Å². The Bertz CT molecular complexity index is 513. The fourth-order valence-electron chi connectivity index (χ4n) is 2.21. The Morgan fingerprint density at radius 1 is 1.28 bits per heavy atom. The summed E-state index contributed by atoms with van der Waals surface area (Å²) < 4.78 is 5.68. The van der Waals surface area contributed by atoms with Crippen molar-refractivity contribution >= 4 is 10.9 Å². The number of hydrogen-bond donors (Lipinski definition) is 1. The smallest absolute Gasteiger partial charge is 0.0764 e. The van der Waals surface area contributed by atoms with E-state index in [1.54, 1.807) is 6.20 Å². The standard InChI is InChI=1S/C15H20N2O/c1-3-14(18-4-2)15(16)12-7-8-13-11(10-12)6-5-9-17-13/h5-10,14-15H,3-4,16H2,1-2H3. The van der Waals surface area contributed by atoms with Gasteiger partial charge in [-0.2, -0.15) is 0 Å². The van der Waals surface area contributed by atoms with Crippen molar-refractivity contribution in [3.8, 4) is 0 Å². The van der Waals surface area contributed by atoms with Gasteiger partial charge in [0, 0.05) is 18.2 Å². The lowest BCUT2D eigenvalue weighted by Gasteiger charge is -2.23. The van der Waals surface area contributed by atoms with Crippen LogP contribution >= 0.6 is 0 Å². The van der Waals surface area contributed by atoms with Crippen molar-refractivity contribution in [2.24, 2.45) is 5.73 Å². The summed E-state index contributed by atoms with van der Waals surface area (Å²) in [4.78, 5) is 4.31. The predicted octanol–water partition coefficient (Wildman–Crippen LogP) is 3.05. The maximum absolute atomic E-state index is 6.28. The second-order valence-electron chi connectivity index (χ2n) is 4.38. The highest BCUT2D eigenvalue weighted by molar-refractivity contribution is 5.79. The minimum atomic E-state index is -0.0837. The summed E-state index contributed by atoms with van der Waals surface area (Å²) in [5.74, 6) is 0. The molecule has 2 atom stereocenters. The first-order valence-electron chi connectivity index (χ1n) is 6.48. The van der Waals surface area contributed by atoms with Crippen LogP contribution in [-0.2, 0) is 4.74 Å². The number of ether oxygens (including phenoxy) is 1. The molecule has 1 heterocycles. The van der Waals surface area contributed by atoms with Crippen molar-refractivity contribution in [2.45, 2.75) is 32.4 Å². The molecular formula is C15H20N2O. The van der Waals surface area contributed by atoms with E-state index in [0.717, 1.165) is 22.9 Å². The van der Waals surface area contributed by atoms with Crippen LogP contribution in [0, 0.1) is 0 Å². The molecule has 1 aromatic heterocycles. The van der Waals surface area contributed by atoms with Gasteiger partial charge in [0.1, 0.15) is 0 Å². The number of fused-ring (bicyclic) bond motifs is 1. The van der Waals surface area contributed by atoms with Crippen molar-refractivity contribution in [1.82, 2.24) is 4.98 Å². The van der Waals surface area contributed by atoms with Crippen LogP contribution in [0.5, 0.6) is 0 Å². The number of rotatable bonds is 5. The number of hydrogen-bond acceptors (Lipinski definition) is 3. The Hall–Kier alpha value is -1.45. The van der Waals surface area contributed by atoms with Crippen LogP contribution < -0.4 is 5.73 Å². The topological polar surface area (TPSA) is 48.1 Å². The molecule has 0 aliphatic carbocycles. The van der Waals surface area contributed by atoms with Crippen molar-refractivity contribution in [3.63, 3.8) is 0 Å². The third-order valence-electron chi connectivity index (χ3n) is 3.20. The highest BCUT2D eigenvalue weighted by Crippen LogP contribution is 2.22. The lowest BCUT2D eigenvalue weighted by Crippen LogP contribution is -2.28. The second-order valence-corrected chi connectivity index (χ2v) is 4.38. The van der Waals surface area contributed by atoms with Gasteiger partial charge in [0.2, 0.25) is 0 Å². The van der Waals surface area contributed by atoms with E-state index in [9.17, 15) is 0 Å². The van der Waals surface area contributed by atoms with Crippen molar-refractivity contribution in [3.05, 3.63) is 42.1 Å². The first-order valence-corrected chi connectivity index (χ1v) is 6.48. The number of aromatic nitrogens is 1. The number of benzene rings is 1. The van der Waals surface area contributed by atoms with E-state index in [1.165, 1.54) is 0 Å². The summed E-state index contributed by atoms with van der Waals surface area (Å²) in [5.41, 5.74) is 8.39. The number of pyridine rings is 1. The molecule has 0 saturated heterocycles. The Labute approximate surface area is 108 Å². The van der Waals surface area contributed by atoms with Gasteiger partial charge in [-0.3, -0.25) is 4.98 Å². The second kappa shape index (κ2) is 5.94. The van der Waals surface area contributed by atoms with E-state index in [2.05, 4.69) is 24.0 Å². The zero-order valence-electron chi connectivity index (χ0n) is 11.0. The van der Waals surface area contributed by atoms with Crippen LogP contribution in [0.25, 0.3) is 10.9 Å². The summed E-state index contributed by atoms with van der Waals surface area (Å²) in [7, 11) is 0. The SMILES string of the molecule is CCOC(CC)C(N)c1ccc2ncccc2c1. The molecule has 96 valence electrons. The molecule has 2 rings (SSSR count). The van der Waals surface area contributed by atoms with Gasteiger partial charge in [-0.1, -0.05) is 19.1 Å². The Balaban J connectivity index is 2.29. The zero-order chi connectivity index (χ0) is 13.0. The Kier molecular flexibility index (Phi) is 4.28. The third-order valence-corrected chi connectivity index (χ3v) is 3.20. The van der Waals surface area contributed by atoms with Gasteiger partial charge in [0.05, 0.1) is 17.7 Å². The molecular weight excluding hydrogens is 224 g/mol. The van der Waals surface area contributed by atoms with Gasteiger partial charge in [-0.15, -0.1) is 0 Å². The van der Waals surface area contributed by atoms with E-state index in [-0.39, 0.29) is 12.1 Å². The van der Waals surface area contributed by atoms with E-state index in [0.29, 0.717) is 6.61 Å². The molecule has 0 amide bonds. The zero-order valence-corrected chi connectivity index (χ0v) is 11.0. The monoisotopic (exact) mass is 244 g/mol. The highest BCUT2D eigenvalue weighted by Gasteiger charge is 2.18. The summed E-state index contributed by atoms with van der Waals surface area (Å²) in [5, 5.41) is 1.12. The molecule has 3 nitrogen and oxygen atoms in total. The molecule has 0 aliphatic heterocycles. The number of nitrogens with two attached hydrogens (primary N) is 1. The van der Waals surface area contributed by atoms with Gasteiger partial charge in [-0.05, 0) is 37.1 Å². The van der Waals surface area contributed by atoms with Gasteiger partial charge in [0.25, 0.3) is 0 Å². The molecule has 0 bridgehead atoms. The minimum Gasteiger partial charge on any atom is -0.377 e. The average molecular weight is 244 g/mol. The lowest BCUT2D eigenvalue weighted by molar-refractivity contribution is 0.0414. The first-order chi connectivity index (χ1) is 8.76.